The van der Waals surface area contributed by atoms with Crippen LogP contribution >= 0.6 is 11.6 Å². The molecule has 1 fully saturated rings. The van der Waals surface area contributed by atoms with E-state index in [-0.39, 0.29) is 19.0 Å². The topological polar surface area (TPSA) is 40.5 Å². The zero-order valence-electron chi connectivity index (χ0n) is 11.1. The smallest absolute Gasteiger partial charge is 0.401 e. The van der Waals surface area contributed by atoms with Gasteiger partial charge in [0.2, 0.25) is 0 Å². The Morgan fingerprint density at radius 3 is 2.62 bits per heavy atom. The number of carbonyl (C=O) groups is 1. The standard InChI is InChI=1S/C14H15ClF3NO2/c15-12-4-2-1-3-10(12)9-5-6-19(8-14(16,17)18)7-11(9)13(20)21/h1-4,9,11H,5-8H2,(H,20,21)/t9-,11+/m0/s1. The van der Waals surface area contributed by atoms with Crippen LogP contribution in [0.15, 0.2) is 24.3 Å². The first kappa shape index (κ1) is 16.1. The van der Waals surface area contributed by atoms with Gasteiger partial charge < -0.3 is 5.11 Å². The van der Waals surface area contributed by atoms with Gasteiger partial charge in [0.25, 0.3) is 0 Å². The van der Waals surface area contributed by atoms with Crippen molar-refractivity contribution in [2.75, 3.05) is 19.6 Å². The Morgan fingerprint density at radius 2 is 2.05 bits per heavy atom. The van der Waals surface area contributed by atoms with Gasteiger partial charge in [-0.25, -0.2) is 0 Å². The number of aliphatic carboxylic acids is 1. The van der Waals surface area contributed by atoms with Crippen molar-refractivity contribution < 1.29 is 23.1 Å². The minimum atomic E-state index is -4.32. The number of halogens is 4. The second kappa shape index (κ2) is 6.23. The zero-order chi connectivity index (χ0) is 15.6. The second-order valence-corrected chi connectivity index (χ2v) is 5.62. The Bertz CT molecular complexity index is 521. The van der Waals surface area contributed by atoms with Crippen molar-refractivity contribution in [1.29, 1.82) is 0 Å². The van der Waals surface area contributed by atoms with Crippen LogP contribution in [0, 0.1) is 5.92 Å². The Labute approximate surface area is 125 Å². The Morgan fingerprint density at radius 1 is 1.38 bits per heavy atom. The Balaban J connectivity index is 2.18. The third-order valence-electron chi connectivity index (χ3n) is 3.72. The SMILES string of the molecule is O=C(O)[C@@H]1CN(CC(F)(F)F)CC[C@H]1c1ccccc1Cl. The molecule has 2 rings (SSSR count). The number of piperidine rings is 1. The van der Waals surface area contributed by atoms with Crippen LogP contribution in [0.3, 0.4) is 0 Å². The highest BCUT2D eigenvalue weighted by Crippen LogP contribution is 2.37. The predicted octanol–water partition coefficient (Wildman–Crippen LogP) is 3.39. The van der Waals surface area contributed by atoms with Gasteiger partial charge in [-0.15, -0.1) is 0 Å². The molecule has 1 heterocycles. The highest BCUT2D eigenvalue weighted by Gasteiger charge is 2.39. The van der Waals surface area contributed by atoms with Gasteiger partial charge in [-0.05, 0) is 24.6 Å². The van der Waals surface area contributed by atoms with E-state index in [0.29, 0.717) is 17.0 Å². The van der Waals surface area contributed by atoms with E-state index in [9.17, 15) is 23.1 Å². The highest BCUT2D eigenvalue weighted by atomic mass is 35.5. The maximum atomic E-state index is 12.4. The summed E-state index contributed by atoms with van der Waals surface area (Å²) in [5.74, 6) is -2.34. The Kier molecular flexibility index (Phi) is 4.78. The number of rotatable bonds is 3. The molecule has 0 unspecified atom stereocenters. The van der Waals surface area contributed by atoms with E-state index >= 15 is 0 Å². The van der Waals surface area contributed by atoms with Crippen molar-refractivity contribution >= 4 is 17.6 Å². The quantitative estimate of drug-likeness (QED) is 0.927. The first-order valence-corrected chi connectivity index (χ1v) is 6.92. The molecule has 0 aliphatic carbocycles. The molecule has 1 aromatic rings. The number of likely N-dealkylation sites (tertiary alicyclic amines) is 1. The molecular weight excluding hydrogens is 307 g/mol. The summed E-state index contributed by atoms with van der Waals surface area (Å²) in [5, 5.41) is 9.78. The van der Waals surface area contributed by atoms with Crippen molar-refractivity contribution in [3.63, 3.8) is 0 Å². The first-order chi connectivity index (χ1) is 9.78. The van der Waals surface area contributed by atoms with Crippen LogP contribution in [0.1, 0.15) is 17.9 Å². The lowest BCUT2D eigenvalue weighted by Gasteiger charge is -2.37. The summed E-state index contributed by atoms with van der Waals surface area (Å²) in [6, 6.07) is 6.89. The number of hydrogen-bond acceptors (Lipinski definition) is 2. The highest BCUT2D eigenvalue weighted by molar-refractivity contribution is 6.31. The number of carboxylic acids is 1. The number of nitrogens with zero attached hydrogens (tertiary/aromatic N) is 1. The molecule has 0 saturated carbocycles. The second-order valence-electron chi connectivity index (χ2n) is 5.21. The van der Waals surface area contributed by atoms with Crippen LogP contribution in [-0.4, -0.2) is 41.8 Å². The molecule has 0 spiro atoms. The molecular formula is C14H15ClF3NO2. The summed E-state index contributed by atoms with van der Waals surface area (Å²) in [5.41, 5.74) is 0.693. The fraction of sp³-hybridized carbons (Fsp3) is 0.500. The van der Waals surface area contributed by atoms with E-state index in [0.717, 1.165) is 4.90 Å². The van der Waals surface area contributed by atoms with E-state index in [1.54, 1.807) is 24.3 Å². The monoisotopic (exact) mass is 321 g/mol. The van der Waals surface area contributed by atoms with Crippen LogP contribution in [0.25, 0.3) is 0 Å². The average molecular weight is 322 g/mol. The maximum Gasteiger partial charge on any atom is 0.401 e. The molecule has 0 amide bonds. The van der Waals surface area contributed by atoms with Crippen LogP contribution in [-0.2, 0) is 4.79 Å². The van der Waals surface area contributed by atoms with Crippen molar-refractivity contribution in [2.45, 2.75) is 18.5 Å². The summed E-state index contributed by atoms with van der Waals surface area (Å²) in [6.45, 7) is -0.990. The molecule has 1 aliphatic rings. The van der Waals surface area contributed by atoms with Gasteiger partial charge in [-0.3, -0.25) is 9.69 Å². The fourth-order valence-corrected chi connectivity index (χ4v) is 3.09. The predicted molar refractivity (Wildman–Crippen MR) is 72.4 cm³/mol. The van der Waals surface area contributed by atoms with Crippen molar-refractivity contribution in [3.05, 3.63) is 34.9 Å². The van der Waals surface area contributed by atoms with Crippen molar-refractivity contribution in [1.82, 2.24) is 4.90 Å². The average Bonchev–Trinajstić information content (AvgIpc) is 2.37. The lowest BCUT2D eigenvalue weighted by atomic mass is 9.80. The van der Waals surface area contributed by atoms with Gasteiger partial charge in [0.15, 0.2) is 0 Å². The molecule has 0 radical (unpaired) electrons. The molecule has 21 heavy (non-hydrogen) atoms. The largest absolute Gasteiger partial charge is 0.481 e. The van der Waals surface area contributed by atoms with Gasteiger partial charge >= 0.3 is 12.1 Å². The van der Waals surface area contributed by atoms with Gasteiger partial charge in [0.1, 0.15) is 0 Å². The third-order valence-corrected chi connectivity index (χ3v) is 4.07. The van der Waals surface area contributed by atoms with Crippen LogP contribution in [0.4, 0.5) is 13.2 Å². The summed E-state index contributed by atoms with van der Waals surface area (Å²) in [7, 11) is 0. The molecule has 1 aliphatic heterocycles. The minimum absolute atomic E-state index is 0.120. The summed E-state index contributed by atoms with van der Waals surface area (Å²) < 4.78 is 37.3. The van der Waals surface area contributed by atoms with Crippen LogP contribution in [0.5, 0.6) is 0 Å². The fourth-order valence-electron chi connectivity index (χ4n) is 2.81. The summed E-state index contributed by atoms with van der Waals surface area (Å²) in [6.07, 6.45) is -3.98. The lowest BCUT2D eigenvalue weighted by molar-refractivity contribution is -0.158. The molecule has 0 aromatic heterocycles. The third kappa shape index (κ3) is 4.11. The Hall–Kier alpha value is -1.27. The van der Waals surface area contributed by atoms with Gasteiger partial charge in [0, 0.05) is 17.5 Å². The molecule has 0 bridgehead atoms. The van der Waals surface area contributed by atoms with E-state index < -0.39 is 24.6 Å². The lowest BCUT2D eigenvalue weighted by Crippen LogP contribution is -2.46. The number of benzene rings is 1. The molecule has 2 atom stereocenters. The van der Waals surface area contributed by atoms with Crippen molar-refractivity contribution in [3.8, 4) is 0 Å². The molecule has 116 valence electrons. The normalized spacial score (nSPS) is 24.0. The van der Waals surface area contributed by atoms with Crippen molar-refractivity contribution in [2.24, 2.45) is 5.92 Å². The van der Waals surface area contributed by atoms with Gasteiger partial charge in [-0.1, -0.05) is 29.8 Å². The summed E-state index contributed by atoms with van der Waals surface area (Å²) in [4.78, 5) is 12.6. The number of hydrogen-bond donors (Lipinski definition) is 1. The number of carboxylic acid groups (broad SMARTS) is 1. The van der Waals surface area contributed by atoms with Crippen LogP contribution < -0.4 is 0 Å². The number of alkyl halides is 3. The molecule has 3 nitrogen and oxygen atoms in total. The minimum Gasteiger partial charge on any atom is -0.481 e. The van der Waals surface area contributed by atoms with Gasteiger partial charge in [0.05, 0.1) is 12.5 Å². The van der Waals surface area contributed by atoms with Gasteiger partial charge in [-0.2, -0.15) is 13.2 Å². The van der Waals surface area contributed by atoms with E-state index in [1.807, 2.05) is 0 Å². The molecule has 7 heteroatoms. The zero-order valence-corrected chi connectivity index (χ0v) is 11.9. The first-order valence-electron chi connectivity index (χ1n) is 6.54. The molecule has 1 N–H and O–H groups in total. The molecule has 1 aromatic carbocycles. The van der Waals surface area contributed by atoms with Crippen LogP contribution in [0.2, 0.25) is 5.02 Å². The van der Waals surface area contributed by atoms with E-state index in [1.165, 1.54) is 0 Å². The summed E-state index contributed by atoms with van der Waals surface area (Å²) >= 11 is 6.08. The maximum absolute atomic E-state index is 12.4. The van der Waals surface area contributed by atoms with E-state index in [4.69, 9.17) is 11.6 Å². The molecule has 1 saturated heterocycles. The van der Waals surface area contributed by atoms with E-state index in [2.05, 4.69) is 0 Å².